The molecule has 3 aromatic rings. The molecule has 0 amide bonds. The first-order valence-corrected chi connectivity index (χ1v) is 7.00. The lowest BCUT2D eigenvalue weighted by atomic mass is 9.95. The Kier molecular flexibility index (Phi) is 4.09. The van der Waals surface area contributed by atoms with Gasteiger partial charge in [0.2, 0.25) is 11.8 Å². The summed E-state index contributed by atoms with van der Waals surface area (Å²) in [6.45, 7) is 1.67. The largest absolute Gasteiger partial charge is 0.481 e. The third-order valence-corrected chi connectivity index (χ3v) is 3.38. The molecule has 0 spiro atoms. The molecule has 0 saturated heterocycles. The van der Waals surface area contributed by atoms with Crippen LogP contribution in [0.15, 0.2) is 47.4 Å². The lowest BCUT2D eigenvalue weighted by Crippen LogP contribution is -2.09. The predicted octanol–water partition coefficient (Wildman–Crippen LogP) is 2.44. The first kappa shape index (κ1) is 14.8. The molecular weight excluding hydrogens is 296 g/mol. The Morgan fingerprint density at radius 1 is 1.22 bits per heavy atom. The van der Waals surface area contributed by atoms with Gasteiger partial charge in [0.05, 0.1) is 12.3 Å². The van der Waals surface area contributed by atoms with Crippen molar-refractivity contribution >= 4 is 5.97 Å². The molecule has 0 aliphatic heterocycles. The fraction of sp³-hybridized carbons (Fsp3) is 0.188. The molecule has 0 radical (unpaired) electrons. The SMILES string of the molecule is Cc1nnc(C(CC(=O)O)c2cncc(-c3cccnc3)c2)o1. The van der Waals surface area contributed by atoms with Gasteiger partial charge in [0.1, 0.15) is 0 Å². The molecular formula is C16H14N4O3. The highest BCUT2D eigenvalue weighted by molar-refractivity contribution is 5.69. The van der Waals surface area contributed by atoms with Crippen LogP contribution in [-0.4, -0.2) is 31.2 Å². The molecule has 0 aliphatic carbocycles. The highest BCUT2D eigenvalue weighted by atomic mass is 16.4. The van der Waals surface area contributed by atoms with Crippen LogP contribution in [0, 0.1) is 6.92 Å². The second-order valence-corrected chi connectivity index (χ2v) is 5.06. The minimum Gasteiger partial charge on any atom is -0.481 e. The van der Waals surface area contributed by atoms with Crippen molar-refractivity contribution in [2.75, 3.05) is 0 Å². The van der Waals surface area contributed by atoms with Crippen LogP contribution in [0.2, 0.25) is 0 Å². The summed E-state index contributed by atoms with van der Waals surface area (Å²) < 4.78 is 5.42. The van der Waals surface area contributed by atoms with Crippen molar-refractivity contribution in [3.8, 4) is 11.1 Å². The maximum absolute atomic E-state index is 11.2. The number of carboxylic acid groups (broad SMARTS) is 1. The van der Waals surface area contributed by atoms with Crippen molar-refractivity contribution < 1.29 is 14.3 Å². The average Bonchev–Trinajstić information content (AvgIpc) is 3.00. The molecule has 0 aliphatic rings. The average molecular weight is 310 g/mol. The van der Waals surface area contributed by atoms with Gasteiger partial charge < -0.3 is 9.52 Å². The summed E-state index contributed by atoms with van der Waals surface area (Å²) in [7, 11) is 0. The number of aryl methyl sites for hydroxylation is 1. The number of pyridine rings is 2. The molecule has 7 heteroatoms. The van der Waals surface area contributed by atoms with E-state index in [2.05, 4.69) is 20.2 Å². The number of carboxylic acids is 1. The van der Waals surface area contributed by atoms with Crippen LogP contribution in [0.4, 0.5) is 0 Å². The first-order chi connectivity index (χ1) is 11.1. The van der Waals surface area contributed by atoms with Crippen LogP contribution in [0.3, 0.4) is 0 Å². The molecule has 23 heavy (non-hydrogen) atoms. The fourth-order valence-electron chi connectivity index (χ4n) is 2.31. The minimum absolute atomic E-state index is 0.153. The number of hydrogen-bond donors (Lipinski definition) is 1. The van der Waals surface area contributed by atoms with E-state index in [9.17, 15) is 9.90 Å². The fourth-order valence-corrected chi connectivity index (χ4v) is 2.31. The normalized spacial score (nSPS) is 12.0. The Morgan fingerprint density at radius 2 is 2.04 bits per heavy atom. The third-order valence-electron chi connectivity index (χ3n) is 3.38. The highest BCUT2D eigenvalue weighted by Crippen LogP contribution is 2.29. The molecule has 7 nitrogen and oxygen atoms in total. The van der Waals surface area contributed by atoms with Gasteiger partial charge in [-0.05, 0) is 17.7 Å². The topological polar surface area (TPSA) is 102 Å². The highest BCUT2D eigenvalue weighted by Gasteiger charge is 2.24. The van der Waals surface area contributed by atoms with E-state index in [1.807, 2.05) is 18.2 Å². The molecule has 1 N–H and O–H groups in total. The first-order valence-electron chi connectivity index (χ1n) is 7.00. The zero-order valence-electron chi connectivity index (χ0n) is 12.4. The van der Waals surface area contributed by atoms with E-state index in [1.165, 1.54) is 0 Å². The quantitative estimate of drug-likeness (QED) is 0.772. The molecule has 3 heterocycles. The molecule has 1 atom stereocenters. The van der Waals surface area contributed by atoms with Crippen molar-refractivity contribution in [3.05, 3.63) is 60.3 Å². The minimum atomic E-state index is -0.947. The van der Waals surface area contributed by atoms with E-state index in [1.54, 1.807) is 31.7 Å². The van der Waals surface area contributed by atoms with Crippen LogP contribution in [0.25, 0.3) is 11.1 Å². The van der Waals surface area contributed by atoms with Crippen LogP contribution in [0.5, 0.6) is 0 Å². The molecule has 3 rings (SSSR count). The van der Waals surface area contributed by atoms with Gasteiger partial charge in [-0.25, -0.2) is 0 Å². The van der Waals surface area contributed by atoms with Crippen molar-refractivity contribution in [2.45, 2.75) is 19.3 Å². The summed E-state index contributed by atoms with van der Waals surface area (Å²) in [5, 5.41) is 16.9. The molecule has 116 valence electrons. The number of hydrogen-bond acceptors (Lipinski definition) is 6. The summed E-state index contributed by atoms with van der Waals surface area (Å²) in [6, 6.07) is 5.62. The van der Waals surface area contributed by atoms with Gasteiger partial charge in [0.15, 0.2) is 0 Å². The van der Waals surface area contributed by atoms with E-state index in [0.717, 1.165) is 11.1 Å². The zero-order chi connectivity index (χ0) is 16.2. The van der Waals surface area contributed by atoms with Crippen LogP contribution in [-0.2, 0) is 4.79 Å². The zero-order valence-corrected chi connectivity index (χ0v) is 12.4. The molecule has 0 saturated carbocycles. The summed E-state index contributed by atoms with van der Waals surface area (Å²) in [5.41, 5.74) is 2.46. The van der Waals surface area contributed by atoms with E-state index >= 15 is 0 Å². The molecule has 0 aromatic carbocycles. The van der Waals surface area contributed by atoms with Crippen molar-refractivity contribution in [3.63, 3.8) is 0 Å². The maximum Gasteiger partial charge on any atom is 0.304 e. The Hall–Kier alpha value is -3.09. The van der Waals surface area contributed by atoms with Gasteiger partial charge in [0, 0.05) is 42.8 Å². The van der Waals surface area contributed by atoms with E-state index in [0.29, 0.717) is 11.5 Å². The van der Waals surface area contributed by atoms with E-state index in [-0.39, 0.29) is 12.3 Å². The Morgan fingerprint density at radius 3 is 2.70 bits per heavy atom. The van der Waals surface area contributed by atoms with Gasteiger partial charge in [-0.15, -0.1) is 10.2 Å². The predicted molar refractivity (Wildman–Crippen MR) is 80.6 cm³/mol. The lowest BCUT2D eigenvalue weighted by molar-refractivity contribution is -0.137. The number of nitrogens with zero attached hydrogens (tertiary/aromatic N) is 4. The smallest absolute Gasteiger partial charge is 0.304 e. The standard InChI is InChI=1S/C16H14N4O3/c1-10-19-20-16(23-10)14(6-15(21)22)13-5-12(8-18-9-13)11-3-2-4-17-7-11/h2-5,7-9,14H,6H2,1H3,(H,21,22). The summed E-state index contributed by atoms with van der Waals surface area (Å²) in [5.74, 6) is -0.822. The van der Waals surface area contributed by atoms with E-state index < -0.39 is 11.9 Å². The Labute approximate surface area is 132 Å². The molecule has 1 unspecified atom stereocenters. The van der Waals surface area contributed by atoms with E-state index in [4.69, 9.17) is 4.42 Å². The van der Waals surface area contributed by atoms with Gasteiger partial charge >= 0.3 is 5.97 Å². The summed E-state index contributed by atoms with van der Waals surface area (Å²) in [4.78, 5) is 19.5. The molecule has 3 aromatic heterocycles. The molecule has 0 bridgehead atoms. The Balaban J connectivity index is 2.01. The van der Waals surface area contributed by atoms with Crippen molar-refractivity contribution in [2.24, 2.45) is 0 Å². The van der Waals surface area contributed by atoms with Crippen LogP contribution in [0.1, 0.15) is 29.7 Å². The van der Waals surface area contributed by atoms with Gasteiger partial charge in [0.25, 0.3) is 0 Å². The summed E-state index contributed by atoms with van der Waals surface area (Å²) >= 11 is 0. The number of rotatable bonds is 5. The number of carbonyl (C=O) groups is 1. The summed E-state index contributed by atoms with van der Waals surface area (Å²) in [6.07, 6.45) is 6.59. The third kappa shape index (κ3) is 3.39. The molecule has 0 fully saturated rings. The van der Waals surface area contributed by atoms with Crippen LogP contribution < -0.4 is 0 Å². The van der Waals surface area contributed by atoms with Gasteiger partial charge in [-0.1, -0.05) is 6.07 Å². The lowest BCUT2D eigenvalue weighted by Gasteiger charge is -2.12. The number of aliphatic carboxylic acids is 1. The van der Waals surface area contributed by atoms with Crippen molar-refractivity contribution in [1.29, 1.82) is 0 Å². The van der Waals surface area contributed by atoms with Crippen LogP contribution >= 0.6 is 0 Å². The van der Waals surface area contributed by atoms with Gasteiger partial charge in [-0.2, -0.15) is 0 Å². The monoisotopic (exact) mass is 310 g/mol. The second-order valence-electron chi connectivity index (χ2n) is 5.06. The Bertz CT molecular complexity index is 817. The van der Waals surface area contributed by atoms with Gasteiger partial charge in [-0.3, -0.25) is 14.8 Å². The second kappa shape index (κ2) is 6.35. The van der Waals surface area contributed by atoms with Crippen molar-refractivity contribution in [1.82, 2.24) is 20.2 Å². The maximum atomic E-state index is 11.2. The number of aromatic nitrogens is 4.